The van der Waals surface area contributed by atoms with Gasteiger partial charge >= 0.3 is 0 Å². The van der Waals surface area contributed by atoms with Gasteiger partial charge in [0.2, 0.25) is 5.85 Å². The van der Waals surface area contributed by atoms with Gasteiger partial charge in [0, 0.05) is 36.7 Å². The van der Waals surface area contributed by atoms with E-state index < -0.39 is 5.85 Å². The molecule has 2 heterocycles. The van der Waals surface area contributed by atoms with Gasteiger partial charge in [-0.05, 0) is 54.4 Å². The maximum Gasteiger partial charge on any atom is 0.216 e. The van der Waals surface area contributed by atoms with E-state index in [1.54, 1.807) is 11.8 Å². The van der Waals surface area contributed by atoms with Crippen LogP contribution < -0.4 is 10.2 Å². The Morgan fingerprint density at radius 3 is 2.03 bits per heavy atom. The number of ether oxygens (including phenoxy) is 1. The van der Waals surface area contributed by atoms with E-state index >= 15 is 0 Å². The normalized spacial score (nSPS) is 17.2. The van der Waals surface area contributed by atoms with Crippen molar-refractivity contribution in [2.45, 2.75) is 25.7 Å². The molecule has 1 unspecified atom stereocenters. The number of anilines is 2. The van der Waals surface area contributed by atoms with Gasteiger partial charge in [0.15, 0.2) is 0 Å². The molecule has 3 aromatic carbocycles. The van der Waals surface area contributed by atoms with Crippen LogP contribution in [0, 0.1) is 6.92 Å². The van der Waals surface area contributed by atoms with Crippen molar-refractivity contribution in [3.8, 4) is 11.3 Å². The zero-order valence-corrected chi connectivity index (χ0v) is 20.9. The summed E-state index contributed by atoms with van der Waals surface area (Å²) in [6.45, 7) is 4.00. The summed E-state index contributed by atoms with van der Waals surface area (Å²) in [4.78, 5) is 2.26. The number of aromatic nitrogens is 3. The van der Waals surface area contributed by atoms with Gasteiger partial charge in [-0.2, -0.15) is 0 Å². The molecule has 1 aromatic heterocycles. The maximum atomic E-state index is 6.23. The molecule has 4 aromatic rings. The minimum Gasteiger partial charge on any atom is -0.342 e. The number of hydrogen-bond acceptors (Lipinski definition) is 5. The molecule has 0 fully saturated rings. The molecular formula is C26H25Cl2N5O. The fourth-order valence-corrected chi connectivity index (χ4v) is 4.95. The summed E-state index contributed by atoms with van der Waals surface area (Å²) in [5.74, 6) is -0.801. The second kappa shape index (κ2) is 8.62. The summed E-state index contributed by atoms with van der Waals surface area (Å²) in [7, 11) is 3.62. The molecule has 8 heteroatoms. The molecular weight excluding hydrogens is 469 g/mol. The second-order valence-electron chi connectivity index (χ2n) is 8.57. The molecule has 1 aliphatic heterocycles. The van der Waals surface area contributed by atoms with E-state index in [0.29, 0.717) is 10.0 Å². The molecule has 0 aliphatic carbocycles. The molecule has 174 valence electrons. The van der Waals surface area contributed by atoms with Crippen LogP contribution in [-0.4, -0.2) is 28.0 Å². The van der Waals surface area contributed by atoms with Crippen LogP contribution in [0.3, 0.4) is 0 Å². The van der Waals surface area contributed by atoms with Crippen LogP contribution in [-0.2, 0) is 11.8 Å². The van der Waals surface area contributed by atoms with Crippen molar-refractivity contribution in [3.05, 3.63) is 93.6 Å². The quantitative estimate of drug-likeness (QED) is 0.346. The molecule has 1 atom stereocenters. The minimum atomic E-state index is -0.801. The Morgan fingerprint density at radius 2 is 1.53 bits per heavy atom. The molecule has 34 heavy (non-hydrogen) atoms. The van der Waals surface area contributed by atoms with Crippen LogP contribution in [0.2, 0.25) is 10.0 Å². The van der Waals surface area contributed by atoms with Crippen LogP contribution in [0.25, 0.3) is 11.3 Å². The number of benzene rings is 3. The molecule has 0 saturated heterocycles. The van der Waals surface area contributed by atoms with E-state index in [1.165, 1.54) is 0 Å². The van der Waals surface area contributed by atoms with Gasteiger partial charge in [-0.1, -0.05) is 58.7 Å². The van der Waals surface area contributed by atoms with E-state index in [9.17, 15) is 0 Å². The number of fused-ring (bicyclic) bond motifs is 1. The number of methoxy groups -OCH3 is 1. The maximum absolute atomic E-state index is 6.23. The summed E-state index contributed by atoms with van der Waals surface area (Å²) < 4.78 is 7.88. The molecule has 1 N–H and O–H groups in total. The first-order valence-electron chi connectivity index (χ1n) is 10.9. The highest BCUT2D eigenvalue weighted by Crippen LogP contribution is 2.49. The predicted molar refractivity (Wildman–Crippen MR) is 137 cm³/mol. The molecule has 0 bridgehead atoms. The molecule has 0 radical (unpaired) electrons. The van der Waals surface area contributed by atoms with Crippen LogP contribution in [0.5, 0.6) is 0 Å². The summed E-state index contributed by atoms with van der Waals surface area (Å²) >= 11 is 12.5. The van der Waals surface area contributed by atoms with Gasteiger partial charge in [0.25, 0.3) is 0 Å². The smallest absolute Gasteiger partial charge is 0.216 e. The van der Waals surface area contributed by atoms with Crippen molar-refractivity contribution in [1.82, 2.24) is 15.0 Å². The number of nitrogens with zero attached hydrogens (tertiary/aromatic N) is 4. The fourth-order valence-electron chi connectivity index (χ4n) is 4.70. The van der Waals surface area contributed by atoms with Crippen molar-refractivity contribution in [2.24, 2.45) is 7.05 Å². The fraction of sp³-hybridized carbons (Fsp3) is 0.231. The van der Waals surface area contributed by atoms with Crippen molar-refractivity contribution >= 4 is 34.6 Å². The van der Waals surface area contributed by atoms with Crippen LogP contribution >= 0.6 is 23.2 Å². The lowest BCUT2D eigenvalue weighted by Crippen LogP contribution is -2.51. The Bertz CT molecular complexity index is 1270. The van der Waals surface area contributed by atoms with Crippen molar-refractivity contribution in [3.63, 3.8) is 0 Å². The van der Waals surface area contributed by atoms with E-state index in [-0.39, 0.29) is 6.04 Å². The zero-order chi connectivity index (χ0) is 24.0. The van der Waals surface area contributed by atoms with Crippen LogP contribution in [0.15, 0.2) is 66.7 Å². The number of halogens is 2. The average Bonchev–Trinajstić information content (AvgIpc) is 3.32. The van der Waals surface area contributed by atoms with Crippen LogP contribution in [0.1, 0.15) is 29.8 Å². The molecule has 0 spiro atoms. The molecule has 6 nitrogen and oxygen atoms in total. The first-order valence-corrected chi connectivity index (χ1v) is 11.7. The van der Waals surface area contributed by atoms with Crippen molar-refractivity contribution in [2.75, 3.05) is 17.3 Å². The topological polar surface area (TPSA) is 55.2 Å². The highest BCUT2D eigenvalue weighted by Gasteiger charge is 2.45. The van der Waals surface area contributed by atoms with Gasteiger partial charge in [0.05, 0.1) is 28.8 Å². The number of aryl methyl sites for hydroxylation is 2. The lowest BCUT2D eigenvalue weighted by Gasteiger charge is -2.41. The number of rotatable bonds is 5. The Hall–Kier alpha value is -3.06. The van der Waals surface area contributed by atoms with Gasteiger partial charge < -0.3 is 15.0 Å². The van der Waals surface area contributed by atoms with E-state index in [4.69, 9.17) is 27.9 Å². The second-order valence-corrected chi connectivity index (χ2v) is 9.44. The summed E-state index contributed by atoms with van der Waals surface area (Å²) in [5.41, 5.74) is 7.03. The Morgan fingerprint density at radius 1 is 0.941 bits per heavy atom. The first-order chi connectivity index (χ1) is 16.3. The summed E-state index contributed by atoms with van der Waals surface area (Å²) in [6.07, 6.45) is 0. The predicted octanol–water partition coefficient (Wildman–Crippen LogP) is 6.44. The van der Waals surface area contributed by atoms with E-state index in [0.717, 1.165) is 39.5 Å². The third-order valence-electron chi connectivity index (χ3n) is 6.38. The Kier molecular flexibility index (Phi) is 5.76. The van der Waals surface area contributed by atoms with Gasteiger partial charge in [-0.25, -0.2) is 4.68 Å². The third kappa shape index (κ3) is 3.82. The molecule has 1 aliphatic rings. The highest BCUT2D eigenvalue weighted by molar-refractivity contribution is 6.30. The van der Waals surface area contributed by atoms with Crippen molar-refractivity contribution in [1.29, 1.82) is 0 Å². The van der Waals surface area contributed by atoms with Gasteiger partial charge in [-0.15, -0.1) is 5.10 Å². The number of hydrogen-bond donors (Lipinski definition) is 1. The lowest BCUT2D eigenvalue weighted by atomic mass is 9.95. The largest absolute Gasteiger partial charge is 0.342 e. The Labute approximate surface area is 209 Å². The Balaban J connectivity index is 1.72. The summed E-state index contributed by atoms with van der Waals surface area (Å²) in [5, 5.41) is 13.4. The highest BCUT2D eigenvalue weighted by atomic mass is 35.5. The van der Waals surface area contributed by atoms with E-state index in [2.05, 4.69) is 63.0 Å². The lowest BCUT2D eigenvalue weighted by molar-refractivity contribution is 0.0285. The SMILES string of the molecule is COC1(C)Nc2ccc(-c3c(C)nnn3C)cc2N1C(c1ccc(Cl)cc1)c1ccc(Cl)cc1. The molecule has 0 amide bonds. The number of nitrogens with one attached hydrogen (secondary N) is 1. The standard InChI is InChI=1S/C26H25Cl2N5O/c1-16-24(32(3)31-30-16)19-9-14-22-23(15-19)33(26(2,29-22)34-4)25(17-5-10-20(27)11-6-17)18-7-12-21(28)13-8-18/h5-15,25,29H,1-4H3. The third-order valence-corrected chi connectivity index (χ3v) is 6.88. The monoisotopic (exact) mass is 493 g/mol. The van der Waals surface area contributed by atoms with Gasteiger partial charge in [0.1, 0.15) is 0 Å². The van der Waals surface area contributed by atoms with Crippen molar-refractivity contribution < 1.29 is 4.74 Å². The van der Waals surface area contributed by atoms with E-state index in [1.807, 2.05) is 45.2 Å². The van der Waals surface area contributed by atoms with Crippen LogP contribution in [0.4, 0.5) is 11.4 Å². The van der Waals surface area contributed by atoms with Gasteiger partial charge in [-0.3, -0.25) is 0 Å². The zero-order valence-electron chi connectivity index (χ0n) is 19.4. The summed E-state index contributed by atoms with van der Waals surface area (Å²) in [6, 6.07) is 22.0. The minimum absolute atomic E-state index is 0.172. The first kappa shape index (κ1) is 22.7. The molecule has 0 saturated carbocycles. The average molecular weight is 494 g/mol. The molecule has 5 rings (SSSR count).